The van der Waals surface area contributed by atoms with Gasteiger partial charge in [0.15, 0.2) is 0 Å². The van der Waals surface area contributed by atoms with Crippen LogP contribution >= 0.6 is 0 Å². The fraction of sp³-hybridized carbons (Fsp3) is 0.792. The van der Waals surface area contributed by atoms with Crippen molar-refractivity contribution in [3.05, 3.63) is 12.2 Å². The highest BCUT2D eigenvalue weighted by molar-refractivity contribution is 5.81. The third-order valence-electron chi connectivity index (χ3n) is 8.31. The van der Waals surface area contributed by atoms with Crippen LogP contribution in [0.2, 0.25) is 0 Å². The molecule has 4 fully saturated rings. The van der Waals surface area contributed by atoms with E-state index in [0.717, 1.165) is 32.1 Å². The summed E-state index contributed by atoms with van der Waals surface area (Å²) in [7, 11) is 0. The molecule has 0 N–H and O–H groups in total. The van der Waals surface area contributed by atoms with Crippen molar-refractivity contribution in [1.29, 1.82) is 0 Å². The van der Waals surface area contributed by atoms with Crippen molar-refractivity contribution < 1.29 is 33.3 Å². The van der Waals surface area contributed by atoms with Gasteiger partial charge < -0.3 is 18.9 Å². The Labute approximate surface area is 183 Å². The maximum atomic E-state index is 12.5. The Balaban J connectivity index is 1.77. The van der Waals surface area contributed by atoms with Crippen molar-refractivity contribution in [2.45, 2.75) is 85.4 Å². The van der Waals surface area contributed by atoms with Crippen LogP contribution in [0.4, 0.5) is 0 Å². The molecule has 2 saturated carbocycles. The van der Waals surface area contributed by atoms with E-state index in [-0.39, 0.29) is 22.7 Å². The van der Waals surface area contributed by atoms with E-state index in [4.69, 9.17) is 18.9 Å². The number of hydrogen-bond acceptors (Lipinski definition) is 7. The number of carbonyl (C=O) groups excluding carboxylic acids is 3. The zero-order valence-corrected chi connectivity index (χ0v) is 19.1. The number of allylic oxidation sites excluding steroid dienone is 1. The molecule has 0 aromatic heterocycles. The highest BCUT2D eigenvalue weighted by atomic mass is 16.8. The molecule has 2 saturated heterocycles. The molecule has 0 unspecified atom stereocenters. The number of ether oxygens (including phenoxy) is 4. The maximum Gasteiger partial charge on any atom is 0.350 e. The van der Waals surface area contributed by atoms with E-state index >= 15 is 0 Å². The van der Waals surface area contributed by atoms with Gasteiger partial charge in [-0.05, 0) is 54.8 Å². The second-order valence-electron chi connectivity index (χ2n) is 10.7. The summed E-state index contributed by atoms with van der Waals surface area (Å²) >= 11 is 0. The number of hydrogen-bond donors (Lipinski definition) is 0. The summed E-state index contributed by atoms with van der Waals surface area (Å²) in [5.74, 6) is -1.84. The standard InChI is InChI=1S/C24H34O7/c1-12-8-7-10-23(4,5)15-9-11-24(6,17(12)15)18-16-19(28-13(2)25)20(27)30-21(16)31-22(18)29-14(3)26/h15-19,21-22H,1,7-11H2,2-6H3/t15-,16+,17-,18-,19+,21+,22+,24-/m1/s1. The Morgan fingerprint density at radius 2 is 1.77 bits per heavy atom. The Morgan fingerprint density at radius 1 is 1.10 bits per heavy atom. The van der Waals surface area contributed by atoms with Gasteiger partial charge in [0.05, 0.1) is 5.92 Å². The molecule has 0 aromatic carbocycles. The molecule has 0 amide bonds. The van der Waals surface area contributed by atoms with Crippen LogP contribution in [-0.2, 0) is 33.3 Å². The molecule has 0 spiro atoms. The molecule has 0 bridgehead atoms. The number of esters is 3. The summed E-state index contributed by atoms with van der Waals surface area (Å²) in [5.41, 5.74) is 1.04. The molecule has 31 heavy (non-hydrogen) atoms. The molecule has 2 heterocycles. The first-order valence-corrected chi connectivity index (χ1v) is 11.3. The minimum absolute atomic E-state index is 0.162. The van der Waals surface area contributed by atoms with Gasteiger partial charge in [-0.25, -0.2) is 4.79 Å². The molecule has 172 valence electrons. The number of carbonyl (C=O) groups is 3. The van der Waals surface area contributed by atoms with Crippen LogP contribution in [0.15, 0.2) is 12.2 Å². The van der Waals surface area contributed by atoms with Crippen molar-refractivity contribution >= 4 is 17.9 Å². The summed E-state index contributed by atoms with van der Waals surface area (Å²) in [6.07, 6.45) is 2.31. The third-order valence-corrected chi connectivity index (χ3v) is 8.31. The van der Waals surface area contributed by atoms with Crippen LogP contribution < -0.4 is 0 Å². The Bertz CT molecular complexity index is 802. The lowest BCUT2D eigenvalue weighted by atomic mass is 9.59. The molecule has 8 atom stereocenters. The molecular weight excluding hydrogens is 400 g/mol. The van der Waals surface area contributed by atoms with Crippen LogP contribution in [0.25, 0.3) is 0 Å². The molecule has 2 aliphatic heterocycles. The summed E-state index contributed by atoms with van der Waals surface area (Å²) in [6, 6.07) is 0. The minimum Gasteiger partial charge on any atom is -0.450 e. The van der Waals surface area contributed by atoms with Gasteiger partial charge in [-0.15, -0.1) is 0 Å². The first-order chi connectivity index (χ1) is 14.5. The Kier molecular flexibility index (Phi) is 5.48. The second kappa shape index (κ2) is 7.61. The van der Waals surface area contributed by atoms with E-state index in [2.05, 4.69) is 27.4 Å². The van der Waals surface area contributed by atoms with Gasteiger partial charge in [-0.2, -0.15) is 0 Å². The van der Waals surface area contributed by atoms with Crippen molar-refractivity contribution in [2.75, 3.05) is 0 Å². The lowest BCUT2D eigenvalue weighted by Crippen LogP contribution is -2.47. The molecular formula is C24H34O7. The summed E-state index contributed by atoms with van der Waals surface area (Å²) in [4.78, 5) is 36.2. The fourth-order valence-electron chi connectivity index (χ4n) is 7.08. The lowest BCUT2D eigenvalue weighted by Gasteiger charge is -2.45. The first kappa shape index (κ1) is 22.3. The maximum absolute atomic E-state index is 12.5. The average molecular weight is 435 g/mol. The van der Waals surface area contributed by atoms with Crippen molar-refractivity contribution in [1.82, 2.24) is 0 Å². The molecule has 7 nitrogen and oxygen atoms in total. The smallest absolute Gasteiger partial charge is 0.350 e. The zero-order valence-electron chi connectivity index (χ0n) is 19.1. The van der Waals surface area contributed by atoms with E-state index in [0.29, 0.717) is 5.92 Å². The van der Waals surface area contributed by atoms with Crippen LogP contribution in [0.1, 0.15) is 66.7 Å². The molecule has 0 aromatic rings. The van der Waals surface area contributed by atoms with E-state index < -0.39 is 42.5 Å². The highest BCUT2D eigenvalue weighted by Gasteiger charge is 2.68. The number of fused-ring (bicyclic) bond motifs is 2. The van der Waals surface area contributed by atoms with Crippen molar-refractivity contribution in [2.24, 2.45) is 34.5 Å². The van der Waals surface area contributed by atoms with E-state index in [9.17, 15) is 14.4 Å². The first-order valence-electron chi connectivity index (χ1n) is 11.3. The SMILES string of the molecule is C=C1CCCC(C)(C)[C@@H]2CC[C@@](C)([C@H]3[C@@H](OC(C)=O)O[C@@H]4OC(=O)[C@@H](OC(C)=O)[C@@H]43)[C@H]12. The predicted octanol–water partition coefficient (Wildman–Crippen LogP) is 3.75. The van der Waals surface area contributed by atoms with E-state index in [1.54, 1.807) is 0 Å². The van der Waals surface area contributed by atoms with E-state index in [1.807, 2.05) is 0 Å². The van der Waals surface area contributed by atoms with Gasteiger partial charge in [0.1, 0.15) is 0 Å². The zero-order chi connectivity index (χ0) is 22.7. The van der Waals surface area contributed by atoms with Crippen molar-refractivity contribution in [3.63, 3.8) is 0 Å². The minimum atomic E-state index is -1.06. The predicted molar refractivity (Wildman–Crippen MR) is 110 cm³/mol. The topological polar surface area (TPSA) is 88.1 Å². The highest BCUT2D eigenvalue weighted by Crippen LogP contribution is 2.65. The average Bonchev–Trinajstić information content (AvgIpc) is 3.23. The van der Waals surface area contributed by atoms with Crippen LogP contribution in [0.5, 0.6) is 0 Å². The monoisotopic (exact) mass is 434 g/mol. The molecule has 0 radical (unpaired) electrons. The van der Waals surface area contributed by atoms with Gasteiger partial charge >= 0.3 is 17.9 Å². The van der Waals surface area contributed by atoms with Crippen LogP contribution in [0, 0.1) is 34.5 Å². The summed E-state index contributed by atoms with van der Waals surface area (Å²) in [6.45, 7) is 14.0. The molecule has 2 aliphatic carbocycles. The third kappa shape index (κ3) is 3.59. The van der Waals surface area contributed by atoms with E-state index in [1.165, 1.54) is 19.4 Å². The molecule has 4 aliphatic rings. The normalized spacial score (nSPS) is 43.6. The van der Waals surface area contributed by atoms with Gasteiger partial charge in [-0.3, -0.25) is 9.59 Å². The fourth-order valence-corrected chi connectivity index (χ4v) is 7.08. The summed E-state index contributed by atoms with van der Waals surface area (Å²) in [5, 5.41) is 0. The van der Waals surface area contributed by atoms with Gasteiger partial charge in [0.2, 0.25) is 18.7 Å². The van der Waals surface area contributed by atoms with Gasteiger partial charge in [0.25, 0.3) is 0 Å². The molecule has 7 heteroatoms. The largest absolute Gasteiger partial charge is 0.450 e. The van der Waals surface area contributed by atoms with Gasteiger partial charge in [-0.1, -0.05) is 32.9 Å². The van der Waals surface area contributed by atoms with Crippen LogP contribution in [0.3, 0.4) is 0 Å². The Hall–Kier alpha value is -1.89. The van der Waals surface area contributed by atoms with Crippen LogP contribution in [-0.4, -0.2) is 36.6 Å². The van der Waals surface area contributed by atoms with Crippen molar-refractivity contribution in [3.8, 4) is 0 Å². The summed E-state index contributed by atoms with van der Waals surface area (Å²) < 4.78 is 22.4. The lowest BCUT2D eigenvalue weighted by molar-refractivity contribution is -0.216. The Morgan fingerprint density at radius 3 is 2.42 bits per heavy atom. The quantitative estimate of drug-likeness (QED) is 0.380. The number of rotatable bonds is 3. The van der Waals surface area contributed by atoms with Gasteiger partial charge in [0, 0.05) is 19.8 Å². The second-order valence-corrected chi connectivity index (χ2v) is 10.7. The molecule has 4 rings (SSSR count).